The van der Waals surface area contributed by atoms with Gasteiger partial charge < -0.3 is 10.6 Å². The average Bonchev–Trinajstić information content (AvgIpc) is 2.06. The van der Waals surface area contributed by atoms with Gasteiger partial charge in [-0.15, -0.1) is 0 Å². The number of carbonyl (C=O) groups excluding carboxylic acids is 2. The van der Waals surface area contributed by atoms with Crippen LogP contribution in [0.4, 0.5) is 0 Å². The van der Waals surface area contributed by atoms with E-state index in [1.165, 1.54) is 0 Å². The fourth-order valence-electron chi connectivity index (χ4n) is 0.978. The number of carbonyl (C=O) groups is 2. The third kappa shape index (κ3) is 5.70. The first kappa shape index (κ1) is 10.9. The molecule has 4 nitrogen and oxygen atoms in total. The monoisotopic (exact) mass is 172 g/mol. The lowest BCUT2D eigenvalue weighted by Gasteiger charge is -2.13. The molecule has 0 fully saturated rings. The molecule has 0 saturated carbocycles. The second-order valence-corrected chi connectivity index (χ2v) is 2.62. The first-order chi connectivity index (χ1) is 5.85. The average molecular weight is 172 g/mol. The van der Waals surface area contributed by atoms with E-state index in [0.29, 0.717) is 12.8 Å². The summed E-state index contributed by atoms with van der Waals surface area (Å²) in [6.07, 6.45) is 5.08. The quantitative estimate of drug-likeness (QED) is 0.316. The molecular weight excluding hydrogens is 156 g/mol. The van der Waals surface area contributed by atoms with Crippen LogP contribution in [0.15, 0.2) is 0 Å². The smallest absolute Gasteiger partial charge is 0.208 e. The Hall–Kier alpha value is -1.06. The molecule has 0 spiro atoms. The molecule has 0 rings (SSSR count). The zero-order valence-corrected chi connectivity index (χ0v) is 7.38. The Balaban J connectivity index is 3.47. The minimum Gasteiger partial charge on any atom is -0.339 e. The maximum Gasteiger partial charge on any atom is 0.208 e. The van der Waals surface area contributed by atoms with E-state index in [2.05, 4.69) is 17.6 Å². The van der Waals surface area contributed by atoms with Gasteiger partial charge in [-0.25, -0.2) is 0 Å². The molecule has 12 heavy (non-hydrogen) atoms. The predicted molar refractivity (Wildman–Crippen MR) is 46.3 cm³/mol. The van der Waals surface area contributed by atoms with Gasteiger partial charge in [0.25, 0.3) is 0 Å². The summed E-state index contributed by atoms with van der Waals surface area (Å²) < 4.78 is 0. The Morgan fingerprint density at radius 1 is 1.17 bits per heavy atom. The Kier molecular flexibility index (Phi) is 7.33. The van der Waals surface area contributed by atoms with Crippen molar-refractivity contribution >= 4 is 12.8 Å². The van der Waals surface area contributed by atoms with Crippen molar-refractivity contribution in [2.45, 2.75) is 38.8 Å². The maximum absolute atomic E-state index is 10.1. The van der Waals surface area contributed by atoms with Gasteiger partial charge in [-0.1, -0.05) is 19.8 Å². The summed E-state index contributed by atoms with van der Waals surface area (Å²) in [6, 6.07) is 0. The third-order valence-corrected chi connectivity index (χ3v) is 1.63. The molecule has 0 aliphatic heterocycles. The molecule has 4 heteroatoms. The van der Waals surface area contributed by atoms with E-state index in [0.717, 1.165) is 25.7 Å². The second kappa shape index (κ2) is 8.04. The van der Waals surface area contributed by atoms with Crippen LogP contribution < -0.4 is 10.6 Å². The summed E-state index contributed by atoms with van der Waals surface area (Å²) in [4.78, 5) is 20.1. The highest BCUT2D eigenvalue weighted by Crippen LogP contribution is 2.00. The Bertz CT molecular complexity index is 118. The third-order valence-electron chi connectivity index (χ3n) is 1.63. The van der Waals surface area contributed by atoms with Gasteiger partial charge >= 0.3 is 0 Å². The Labute approximate surface area is 72.7 Å². The van der Waals surface area contributed by atoms with Gasteiger partial charge in [0, 0.05) is 0 Å². The van der Waals surface area contributed by atoms with Crippen molar-refractivity contribution in [3.63, 3.8) is 0 Å². The van der Waals surface area contributed by atoms with Gasteiger partial charge in [-0.3, -0.25) is 9.59 Å². The van der Waals surface area contributed by atoms with E-state index in [1.54, 1.807) is 0 Å². The summed E-state index contributed by atoms with van der Waals surface area (Å²) in [5.41, 5.74) is 0. The molecular formula is C8H16N2O2. The van der Waals surface area contributed by atoms with Gasteiger partial charge in [0.1, 0.15) is 6.17 Å². The Morgan fingerprint density at radius 3 is 2.17 bits per heavy atom. The molecule has 2 amide bonds. The van der Waals surface area contributed by atoms with Gasteiger partial charge in [-0.05, 0) is 12.8 Å². The van der Waals surface area contributed by atoms with Crippen LogP contribution in [-0.4, -0.2) is 19.0 Å². The molecule has 2 N–H and O–H groups in total. The Morgan fingerprint density at radius 2 is 1.75 bits per heavy atom. The first-order valence-corrected chi connectivity index (χ1v) is 4.24. The van der Waals surface area contributed by atoms with E-state index < -0.39 is 0 Å². The largest absolute Gasteiger partial charge is 0.339 e. The number of hydrogen-bond donors (Lipinski definition) is 2. The summed E-state index contributed by atoms with van der Waals surface area (Å²) in [5.74, 6) is 0. The van der Waals surface area contributed by atoms with Crippen LogP contribution >= 0.6 is 0 Å². The van der Waals surface area contributed by atoms with Gasteiger partial charge in [-0.2, -0.15) is 0 Å². The van der Waals surface area contributed by atoms with Crippen LogP contribution in [0.25, 0.3) is 0 Å². The van der Waals surface area contributed by atoms with E-state index in [1.807, 2.05) is 0 Å². The van der Waals surface area contributed by atoms with E-state index in [9.17, 15) is 9.59 Å². The van der Waals surface area contributed by atoms with Crippen molar-refractivity contribution < 1.29 is 9.59 Å². The lowest BCUT2D eigenvalue weighted by Crippen LogP contribution is -2.40. The molecule has 0 saturated heterocycles. The molecule has 0 aliphatic rings. The highest BCUT2D eigenvalue weighted by molar-refractivity contribution is 5.50. The van der Waals surface area contributed by atoms with Crippen molar-refractivity contribution in [2.75, 3.05) is 0 Å². The lowest BCUT2D eigenvalue weighted by atomic mass is 10.2. The summed E-state index contributed by atoms with van der Waals surface area (Å²) in [7, 11) is 0. The molecule has 0 aromatic carbocycles. The molecule has 0 aromatic rings. The normalized spacial score (nSPS) is 9.50. The SMILES string of the molecule is CCCCCC(NC=O)NC=O. The molecule has 0 bridgehead atoms. The van der Waals surface area contributed by atoms with Gasteiger partial charge in [0.05, 0.1) is 0 Å². The molecule has 0 aliphatic carbocycles. The minimum absolute atomic E-state index is 0.202. The lowest BCUT2D eigenvalue weighted by molar-refractivity contribution is -0.112. The second-order valence-electron chi connectivity index (χ2n) is 2.62. The van der Waals surface area contributed by atoms with E-state index >= 15 is 0 Å². The fraction of sp³-hybridized carbons (Fsp3) is 0.750. The van der Waals surface area contributed by atoms with Crippen LogP contribution in [-0.2, 0) is 9.59 Å². The summed E-state index contributed by atoms with van der Waals surface area (Å²) >= 11 is 0. The van der Waals surface area contributed by atoms with Crippen LogP contribution in [0.5, 0.6) is 0 Å². The molecule has 70 valence electrons. The van der Waals surface area contributed by atoms with Gasteiger partial charge in [0.15, 0.2) is 0 Å². The standard InChI is InChI=1S/C8H16N2O2/c1-2-3-4-5-8(9-6-11)10-7-12/h6-8H,2-5H2,1H3,(H,9,11)(H,10,12). The summed E-state index contributed by atoms with van der Waals surface area (Å²) in [6.45, 7) is 2.11. The van der Waals surface area contributed by atoms with Crippen LogP contribution in [0.2, 0.25) is 0 Å². The van der Waals surface area contributed by atoms with Crippen molar-refractivity contribution in [2.24, 2.45) is 0 Å². The number of unbranched alkanes of at least 4 members (excludes halogenated alkanes) is 2. The molecule has 0 unspecified atom stereocenters. The number of nitrogens with one attached hydrogen (secondary N) is 2. The van der Waals surface area contributed by atoms with Crippen LogP contribution in [0.1, 0.15) is 32.6 Å². The predicted octanol–water partition coefficient (Wildman–Crippen LogP) is 0.385. The summed E-state index contributed by atoms with van der Waals surface area (Å²) in [5, 5.41) is 5.04. The molecule has 0 heterocycles. The van der Waals surface area contributed by atoms with Crippen LogP contribution in [0.3, 0.4) is 0 Å². The zero-order valence-electron chi connectivity index (χ0n) is 7.38. The van der Waals surface area contributed by atoms with Crippen molar-refractivity contribution in [3.05, 3.63) is 0 Å². The van der Waals surface area contributed by atoms with E-state index in [-0.39, 0.29) is 6.17 Å². The molecule has 0 aromatic heterocycles. The van der Waals surface area contributed by atoms with E-state index in [4.69, 9.17) is 0 Å². The zero-order chi connectivity index (χ0) is 9.23. The molecule has 0 atom stereocenters. The number of amides is 2. The van der Waals surface area contributed by atoms with Crippen molar-refractivity contribution in [1.82, 2.24) is 10.6 Å². The topological polar surface area (TPSA) is 58.2 Å². The number of hydrogen-bond acceptors (Lipinski definition) is 2. The highest BCUT2D eigenvalue weighted by atomic mass is 16.1. The van der Waals surface area contributed by atoms with Gasteiger partial charge in [0.2, 0.25) is 12.8 Å². The highest BCUT2D eigenvalue weighted by Gasteiger charge is 2.03. The minimum atomic E-state index is -0.202. The fourth-order valence-corrected chi connectivity index (χ4v) is 0.978. The maximum atomic E-state index is 10.1. The first-order valence-electron chi connectivity index (χ1n) is 4.24. The number of rotatable bonds is 8. The van der Waals surface area contributed by atoms with Crippen molar-refractivity contribution in [3.8, 4) is 0 Å². The molecule has 0 radical (unpaired) electrons. The van der Waals surface area contributed by atoms with Crippen LogP contribution in [0, 0.1) is 0 Å². The van der Waals surface area contributed by atoms with Crippen molar-refractivity contribution in [1.29, 1.82) is 0 Å².